The first-order valence-corrected chi connectivity index (χ1v) is 14.5. The molecular weight excluding hydrogens is 782 g/mol. The zero-order chi connectivity index (χ0) is 42.0. The summed E-state index contributed by atoms with van der Waals surface area (Å²) in [6, 6.07) is 7.58. The largest absolute Gasteiger partial charge is 0.417 e. The highest BCUT2D eigenvalue weighted by atomic mass is 19.4. The van der Waals surface area contributed by atoms with Gasteiger partial charge in [-0.1, -0.05) is 12.1 Å². The van der Waals surface area contributed by atoms with Gasteiger partial charge >= 0.3 is 24.7 Å². The fraction of sp³-hybridized carbons (Fsp3) is 0.111. The third kappa shape index (κ3) is 6.04. The zero-order valence-corrected chi connectivity index (χ0v) is 26.4. The van der Waals surface area contributed by atoms with E-state index < -0.39 is 137 Å². The van der Waals surface area contributed by atoms with Gasteiger partial charge in [-0.25, -0.2) is 8.78 Å². The number of allylic oxidation sites excluding steroid dienone is 8. The van der Waals surface area contributed by atoms with Crippen LogP contribution in [0.3, 0.4) is 0 Å². The molecule has 0 N–H and O–H groups in total. The topological polar surface area (TPSA) is 143 Å². The molecule has 0 spiro atoms. The normalized spacial score (nSPS) is 13.9. The fourth-order valence-electron chi connectivity index (χ4n) is 6.32. The summed E-state index contributed by atoms with van der Waals surface area (Å²) in [6.07, 6.45) is -22.8. The van der Waals surface area contributed by atoms with Gasteiger partial charge in [0.05, 0.1) is 33.4 Å². The van der Waals surface area contributed by atoms with Crippen LogP contribution in [0.15, 0.2) is 47.5 Å². The van der Waals surface area contributed by atoms with Crippen molar-refractivity contribution in [2.24, 2.45) is 0 Å². The minimum absolute atomic E-state index is 0.110. The Morgan fingerprint density at radius 3 is 0.946 bits per heavy atom. The summed E-state index contributed by atoms with van der Waals surface area (Å²) in [7, 11) is 0. The van der Waals surface area contributed by atoms with Gasteiger partial charge < -0.3 is 0 Å². The van der Waals surface area contributed by atoms with Crippen molar-refractivity contribution in [3.8, 4) is 36.4 Å². The molecule has 3 aromatic carbocycles. The average molecular weight is 788 g/mol. The van der Waals surface area contributed by atoms with E-state index in [4.69, 9.17) is 0 Å². The Balaban J connectivity index is 2.02. The molecule has 0 unspecified atom stereocenters. The third-order valence-corrected chi connectivity index (χ3v) is 8.39. The van der Waals surface area contributed by atoms with E-state index in [0.29, 0.717) is 12.1 Å². The molecule has 0 saturated carbocycles. The lowest BCUT2D eigenvalue weighted by Crippen LogP contribution is -2.17. The van der Waals surface area contributed by atoms with Crippen molar-refractivity contribution in [2.75, 3.05) is 0 Å². The quantitative estimate of drug-likeness (QED) is 0.187. The number of nitrogens with zero attached hydrogens (tertiary/aromatic N) is 6. The van der Waals surface area contributed by atoms with Gasteiger partial charge in [-0.2, -0.15) is 84.3 Å². The Bertz CT molecular complexity index is 2500. The Labute approximate surface area is 302 Å². The molecule has 2 aliphatic rings. The van der Waals surface area contributed by atoms with Crippen molar-refractivity contribution in [3.05, 3.63) is 115 Å². The summed E-state index contributed by atoms with van der Waals surface area (Å²) in [5.41, 5.74) is -26.4. The van der Waals surface area contributed by atoms with Gasteiger partial charge in [0.2, 0.25) is 0 Å². The van der Waals surface area contributed by atoms with E-state index in [0.717, 1.165) is 0 Å². The molecule has 0 radical (unpaired) electrons. The van der Waals surface area contributed by atoms with Crippen LogP contribution >= 0.6 is 0 Å². The number of fused-ring (bicyclic) bond motifs is 2. The molecule has 56 heavy (non-hydrogen) atoms. The van der Waals surface area contributed by atoms with E-state index >= 15 is 8.78 Å². The number of hydrogen-bond acceptors (Lipinski definition) is 6. The molecule has 0 saturated heterocycles. The summed E-state index contributed by atoms with van der Waals surface area (Å²) in [5, 5.41) is 59.5. The van der Waals surface area contributed by atoms with Gasteiger partial charge in [-0.05, 0) is 35.4 Å². The van der Waals surface area contributed by atoms with Gasteiger partial charge in [0.25, 0.3) is 0 Å². The number of hydrogen-bond donors (Lipinski definition) is 0. The van der Waals surface area contributed by atoms with Crippen LogP contribution in [-0.2, 0) is 24.7 Å². The van der Waals surface area contributed by atoms with Crippen LogP contribution in [0.1, 0.15) is 55.6 Å². The molecule has 3 aromatic rings. The molecule has 5 rings (SSSR count). The van der Waals surface area contributed by atoms with E-state index in [-0.39, 0.29) is 24.3 Å². The third-order valence-electron chi connectivity index (χ3n) is 8.39. The highest BCUT2D eigenvalue weighted by Crippen LogP contribution is 2.58. The minimum Gasteiger partial charge on any atom is -0.206 e. The zero-order valence-electron chi connectivity index (χ0n) is 26.4. The number of benzene rings is 3. The number of rotatable bonds is 2. The fourth-order valence-corrected chi connectivity index (χ4v) is 6.32. The molecule has 2 aliphatic carbocycles. The summed E-state index contributed by atoms with van der Waals surface area (Å²) >= 11 is 0. The molecule has 0 aliphatic heterocycles. The molecule has 278 valence electrons. The van der Waals surface area contributed by atoms with E-state index in [1.54, 1.807) is 0 Å². The van der Waals surface area contributed by atoms with Crippen LogP contribution in [0.2, 0.25) is 0 Å². The maximum Gasteiger partial charge on any atom is 0.417 e. The predicted octanol–water partition coefficient (Wildman–Crippen LogP) is 10.5. The Kier molecular flexibility index (Phi) is 9.35. The molecule has 0 atom stereocenters. The first-order chi connectivity index (χ1) is 25.9. The van der Waals surface area contributed by atoms with Crippen LogP contribution in [0.5, 0.6) is 0 Å². The monoisotopic (exact) mass is 788 g/mol. The maximum atomic E-state index is 17.2. The van der Waals surface area contributed by atoms with Crippen molar-refractivity contribution in [2.45, 2.75) is 24.7 Å². The van der Waals surface area contributed by atoms with Crippen molar-refractivity contribution in [1.29, 1.82) is 31.6 Å². The Morgan fingerprint density at radius 1 is 0.411 bits per heavy atom. The molecular formula is C36H6F14N6. The minimum atomic E-state index is -5.77. The highest BCUT2D eigenvalue weighted by molar-refractivity contribution is 6.30. The first kappa shape index (κ1) is 39.8. The lowest BCUT2D eigenvalue weighted by Gasteiger charge is -2.18. The van der Waals surface area contributed by atoms with Gasteiger partial charge in [-0.15, -0.1) is 0 Å². The van der Waals surface area contributed by atoms with Gasteiger partial charge in [0, 0.05) is 44.5 Å². The second-order valence-corrected chi connectivity index (χ2v) is 11.3. The molecule has 0 amide bonds. The Morgan fingerprint density at radius 2 is 0.696 bits per heavy atom. The summed E-state index contributed by atoms with van der Waals surface area (Å²) in [5.74, 6) is -3.91. The SMILES string of the molecule is N#CC(C#N)=C1C(c2ccc(C(F)(F)F)c(C(F)(F)F)c2)=C(C#N)c2c(F)c3c(c(F)c21)C(=C(C#N)C#N)C(c1ccc(C(F)(F)F)c(C(F)(F)F)c1)=C3C#N. The highest BCUT2D eigenvalue weighted by Gasteiger charge is 2.48. The van der Waals surface area contributed by atoms with Crippen molar-refractivity contribution >= 4 is 33.4 Å². The number of nitriles is 6. The Hall–Kier alpha value is -7.42. The van der Waals surface area contributed by atoms with E-state index in [1.165, 1.54) is 36.4 Å². The van der Waals surface area contributed by atoms with Crippen LogP contribution in [-0.4, -0.2) is 0 Å². The maximum absolute atomic E-state index is 17.2. The molecule has 0 fully saturated rings. The smallest absolute Gasteiger partial charge is 0.206 e. The first-order valence-electron chi connectivity index (χ1n) is 14.5. The van der Waals surface area contributed by atoms with Crippen molar-refractivity contribution < 1.29 is 61.5 Å². The lowest BCUT2D eigenvalue weighted by molar-refractivity contribution is -0.162. The lowest BCUT2D eigenvalue weighted by atomic mass is 9.87. The predicted molar refractivity (Wildman–Crippen MR) is 160 cm³/mol. The van der Waals surface area contributed by atoms with E-state index in [1.807, 2.05) is 0 Å². The second kappa shape index (κ2) is 13.2. The van der Waals surface area contributed by atoms with Crippen LogP contribution in [0, 0.1) is 79.6 Å². The van der Waals surface area contributed by atoms with Crippen molar-refractivity contribution in [3.63, 3.8) is 0 Å². The second-order valence-electron chi connectivity index (χ2n) is 11.3. The number of alkyl halides is 12. The van der Waals surface area contributed by atoms with E-state index in [9.17, 15) is 84.3 Å². The standard InChI is InChI=1S/C36H6F14N6/c37-31-27-17(11-55)23(13-1-3-19(33(39,40)41)21(5-13)35(45,46)47)25(15(7-51)8-52)29(27)32(38)30-26(16(9-53)10-54)24(18(12-56)28(30)31)14-2-4-20(34(42,43)44)22(6-14)36(48,49)50/h1-6H. The molecule has 0 aromatic heterocycles. The summed E-state index contributed by atoms with van der Waals surface area (Å²) in [6.45, 7) is 0. The molecule has 0 bridgehead atoms. The van der Waals surface area contributed by atoms with Gasteiger partial charge in [-0.3, -0.25) is 0 Å². The van der Waals surface area contributed by atoms with Gasteiger partial charge in [0.1, 0.15) is 59.2 Å². The van der Waals surface area contributed by atoms with Crippen LogP contribution in [0.4, 0.5) is 61.5 Å². The summed E-state index contributed by atoms with van der Waals surface area (Å²) < 4.78 is 199. The van der Waals surface area contributed by atoms with E-state index in [2.05, 4.69) is 0 Å². The number of halogens is 14. The van der Waals surface area contributed by atoms with Crippen molar-refractivity contribution in [1.82, 2.24) is 0 Å². The van der Waals surface area contributed by atoms with Gasteiger partial charge in [0.15, 0.2) is 0 Å². The summed E-state index contributed by atoms with van der Waals surface area (Å²) in [4.78, 5) is 0. The van der Waals surface area contributed by atoms with Crippen LogP contribution < -0.4 is 0 Å². The molecule has 0 heterocycles. The average Bonchev–Trinajstić information content (AvgIpc) is 3.64. The van der Waals surface area contributed by atoms with Crippen LogP contribution in [0.25, 0.3) is 33.4 Å². The molecule has 20 heteroatoms. The molecule has 6 nitrogen and oxygen atoms in total.